The van der Waals surface area contributed by atoms with Crippen molar-refractivity contribution in [3.05, 3.63) is 48.7 Å². The summed E-state index contributed by atoms with van der Waals surface area (Å²) in [7, 11) is 0. The molecular weight excluding hydrogens is 374 g/mol. The second-order valence-electron chi connectivity index (χ2n) is 7.42. The van der Waals surface area contributed by atoms with Gasteiger partial charge in [-0.3, -0.25) is 9.36 Å². The van der Waals surface area contributed by atoms with E-state index in [0.29, 0.717) is 24.2 Å². The fourth-order valence-corrected chi connectivity index (χ4v) is 4.23. The standard InChI is InChI=1S/C21H23N3O5/c1-2-13-8-15-18(9-17(13)29-11-19(25)26)28-10-16(20(15)27)21-23-22-12-24(21)14-6-4-3-5-7-14/h3-7,10,12-13,15,17-18H,2,8-9,11H2,1H3,(H,25,26). The van der Waals surface area contributed by atoms with E-state index in [1.165, 1.54) is 6.26 Å². The van der Waals surface area contributed by atoms with Crippen molar-refractivity contribution in [1.82, 2.24) is 14.8 Å². The van der Waals surface area contributed by atoms with Gasteiger partial charge in [0.1, 0.15) is 19.0 Å². The fourth-order valence-electron chi connectivity index (χ4n) is 4.23. The molecule has 1 aliphatic carbocycles. The van der Waals surface area contributed by atoms with Crippen LogP contribution in [0.2, 0.25) is 0 Å². The Morgan fingerprint density at radius 2 is 2.10 bits per heavy atom. The third-order valence-electron chi connectivity index (χ3n) is 5.73. The minimum absolute atomic E-state index is 0.0124. The number of ketones is 1. The monoisotopic (exact) mass is 397 g/mol. The van der Waals surface area contributed by atoms with Crippen LogP contribution in [0.25, 0.3) is 11.3 Å². The largest absolute Gasteiger partial charge is 0.496 e. The van der Waals surface area contributed by atoms with Crippen molar-refractivity contribution in [3.63, 3.8) is 0 Å². The van der Waals surface area contributed by atoms with Gasteiger partial charge in [-0.25, -0.2) is 4.79 Å². The number of carbonyl (C=O) groups excluding carboxylic acids is 1. The number of nitrogens with zero attached hydrogens (tertiary/aromatic N) is 3. The van der Waals surface area contributed by atoms with Gasteiger partial charge in [-0.1, -0.05) is 31.5 Å². The van der Waals surface area contributed by atoms with Crippen molar-refractivity contribution >= 4 is 17.3 Å². The van der Waals surface area contributed by atoms with Crippen LogP contribution < -0.4 is 0 Å². The lowest BCUT2D eigenvalue weighted by molar-refractivity contribution is -0.151. The van der Waals surface area contributed by atoms with Crippen LogP contribution in [0.4, 0.5) is 0 Å². The fraction of sp³-hybridized carbons (Fsp3) is 0.429. The Bertz CT molecular complexity index is 923. The molecule has 8 nitrogen and oxygen atoms in total. The topological polar surface area (TPSA) is 104 Å². The van der Waals surface area contributed by atoms with Gasteiger partial charge in [0, 0.05) is 12.1 Å². The second kappa shape index (κ2) is 8.16. The third kappa shape index (κ3) is 3.80. The van der Waals surface area contributed by atoms with Gasteiger partial charge in [-0.05, 0) is 24.5 Å². The van der Waals surface area contributed by atoms with Gasteiger partial charge in [-0.15, -0.1) is 10.2 Å². The van der Waals surface area contributed by atoms with Crippen molar-refractivity contribution in [2.45, 2.75) is 38.4 Å². The number of ether oxygens (including phenoxy) is 2. The van der Waals surface area contributed by atoms with E-state index in [-0.39, 0.29) is 36.4 Å². The third-order valence-corrected chi connectivity index (χ3v) is 5.73. The highest BCUT2D eigenvalue weighted by atomic mass is 16.5. The van der Waals surface area contributed by atoms with Crippen molar-refractivity contribution in [2.75, 3.05) is 6.61 Å². The zero-order chi connectivity index (χ0) is 20.4. The average molecular weight is 397 g/mol. The number of para-hydroxylation sites is 1. The summed E-state index contributed by atoms with van der Waals surface area (Å²) >= 11 is 0. The first-order valence-corrected chi connectivity index (χ1v) is 9.77. The van der Waals surface area contributed by atoms with Crippen LogP contribution in [0.3, 0.4) is 0 Å². The molecule has 0 saturated heterocycles. The Morgan fingerprint density at radius 1 is 1.31 bits per heavy atom. The number of carbonyl (C=O) groups is 2. The van der Waals surface area contributed by atoms with Crippen LogP contribution in [0, 0.1) is 11.8 Å². The van der Waals surface area contributed by atoms with Gasteiger partial charge in [0.15, 0.2) is 11.6 Å². The first-order valence-electron chi connectivity index (χ1n) is 9.77. The van der Waals surface area contributed by atoms with Crippen LogP contribution in [0.5, 0.6) is 0 Å². The maximum absolute atomic E-state index is 13.3. The zero-order valence-corrected chi connectivity index (χ0v) is 16.1. The van der Waals surface area contributed by atoms with Gasteiger partial charge in [0.25, 0.3) is 0 Å². The van der Waals surface area contributed by atoms with E-state index in [4.69, 9.17) is 14.6 Å². The van der Waals surface area contributed by atoms with Crippen molar-refractivity contribution in [3.8, 4) is 5.69 Å². The lowest BCUT2D eigenvalue weighted by Crippen LogP contribution is -2.46. The molecule has 4 atom stereocenters. The molecule has 4 unspecified atom stereocenters. The van der Waals surface area contributed by atoms with Crippen LogP contribution in [-0.2, 0) is 19.1 Å². The molecular formula is C21H23N3O5. The van der Waals surface area contributed by atoms with Crippen molar-refractivity contribution < 1.29 is 24.2 Å². The highest BCUT2D eigenvalue weighted by Crippen LogP contribution is 2.40. The Morgan fingerprint density at radius 3 is 2.83 bits per heavy atom. The maximum Gasteiger partial charge on any atom is 0.329 e. The number of carboxylic acids is 1. The predicted molar refractivity (Wildman–Crippen MR) is 103 cm³/mol. The minimum Gasteiger partial charge on any atom is -0.496 e. The molecule has 1 aromatic carbocycles. The normalized spacial score (nSPS) is 26.4. The molecule has 1 fully saturated rings. The van der Waals surface area contributed by atoms with Crippen LogP contribution in [0.15, 0.2) is 42.9 Å². The molecule has 0 bridgehead atoms. The van der Waals surface area contributed by atoms with Crippen LogP contribution in [-0.4, -0.2) is 50.4 Å². The van der Waals surface area contributed by atoms with E-state index in [0.717, 1.165) is 12.1 Å². The molecule has 29 heavy (non-hydrogen) atoms. The van der Waals surface area contributed by atoms with Gasteiger partial charge in [-0.2, -0.15) is 0 Å². The first-order chi connectivity index (χ1) is 14.1. The molecule has 2 aromatic rings. The molecule has 1 aromatic heterocycles. The Kier molecular flexibility index (Phi) is 5.44. The number of Topliss-reactive ketones (excluding diaryl/α,β-unsaturated/α-hetero) is 1. The van der Waals surface area contributed by atoms with Crippen molar-refractivity contribution in [2.24, 2.45) is 11.8 Å². The van der Waals surface area contributed by atoms with Gasteiger partial charge >= 0.3 is 5.97 Å². The molecule has 2 heterocycles. The molecule has 1 saturated carbocycles. The SMILES string of the molecule is CCC1CC2C(=O)C(c3nncn3-c3ccccc3)=COC2CC1OCC(=O)O. The van der Waals surface area contributed by atoms with Gasteiger partial charge in [0.05, 0.1) is 23.9 Å². The number of benzene rings is 1. The lowest BCUT2D eigenvalue weighted by Gasteiger charge is -2.41. The lowest BCUT2D eigenvalue weighted by atomic mass is 9.72. The molecule has 4 rings (SSSR count). The number of carboxylic acid groups (broad SMARTS) is 1. The number of aliphatic carboxylic acids is 1. The van der Waals surface area contributed by atoms with E-state index in [2.05, 4.69) is 10.2 Å². The summed E-state index contributed by atoms with van der Waals surface area (Å²) in [6.45, 7) is 1.69. The smallest absolute Gasteiger partial charge is 0.329 e. The van der Waals surface area contributed by atoms with E-state index in [1.807, 2.05) is 37.3 Å². The van der Waals surface area contributed by atoms with Crippen molar-refractivity contribution in [1.29, 1.82) is 0 Å². The zero-order valence-electron chi connectivity index (χ0n) is 16.1. The number of rotatable bonds is 6. The minimum atomic E-state index is -0.995. The Labute approximate surface area is 168 Å². The molecule has 1 aliphatic heterocycles. The summed E-state index contributed by atoms with van der Waals surface area (Å²) in [5, 5.41) is 17.0. The molecule has 1 N–H and O–H groups in total. The summed E-state index contributed by atoms with van der Waals surface area (Å²) in [5.41, 5.74) is 1.27. The molecule has 152 valence electrons. The first kappa shape index (κ1) is 19.3. The highest BCUT2D eigenvalue weighted by Gasteiger charge is 2.45. The molecule has 8 heteroatoms. The quantitative estimate of drug-likeness (QED) is 0.799. The van der Waals surface area contributed by atoms with Gasteiger partial charge < -0.3 is 14.6 Å². The maximum atomic E-state index is 13.3. The number of hydrogen-bond acceptors (Lipinski definition) is 6. The van der Waals surface area contributed by atoms with Crippen LogP contribution in [0.1, 0.15) is 32.0 Å². The predicted octanol–water partition coefficient (Wildman–Crippen LogP) is 2.48. The summed E-state index contributed by atoms with van der Waals surface area (Å²) < 4.78 is 13.3. The molecule has 0 radical (unpaired) electrons. The second-order valence-corrected chi connectivity index (χ2v) is 7.42. The van der Waals surface area contributed by atoms with E-state index >= 15 is 0 Å². The number of aromatic nitrogens is 3. The Hall–Kier alpha value is -3.00. The Balaban J connectivity index is 1.58. The summed E-state index contributed by atoms with van der Waals surface area (Å²) in [6.07, 6.45) is 4.40. The average Bonchev–Trinajstić information content (AvgIpc) is 3.22. The van der Waals surface area contributed by atoms with E-state index < -0.39 is 5.97 Å². The molecule has 0 amide bonds. The summed E-state index contributed by atoms with van der Waals surface area (Å²) in [5.74, 6) is -0.747. The van der Waals surface area contributed by atoms with Crippen LogP contribution >= 0.6 is 0 Å². The summed E-state index contributed by atoms with van der Waals surface area (Å²) in [4.78, 5) is 24.2. The molecule has 0 spiro atoms. The number of fused-ring (bicyclic) bond motifs is 1. The number of allylic oxidation sites excluding steroid dienone is 1. The van der Waals surface area contributed by atoms with E-state index in [9.17, 15) is 9.59 Å². The van der Waals surface area contributed by atoms with Gasteiger partial charge in [0.2, 0.25) is 0 Å². The van der Waals surface area contributed by atoms with E-state index in [1.54, 1.807) is 10.9 Å². The highest BCUT2D eigenvalue weighted by molar-refractivity contribution is 6.21. The number of hydrogen-bond donors (Lipinski definition) is 1. The summed E-state index contributed by atoms with van der Waals surface area (Å²) in [6, 6.07) is 9.58. The molecule has 2 aliphatic rings.